The largest absolute Gasteiger partial charge is 0.396 e. The second kappa shape index (κ2) is 8.53. The van der Waals surface area contributed by atoms with Crippen molar-refractivity contribution in [1.82, 2.24) is 5.32 Å². The number of amides is 1. The van der Waals surface area contributed by atoms with Crippen molar-refractivity contribution in [2.24, 2.45) is 5.92 Å². The molecule has 6 heteroatoms. The van der Waals surface area contributed by atoms with E-state index in [0.717, 1.165) is 13.0 Å². The van der Waals surface area contributed by atoms with Crippen LogP contribution < -0.4 is 16.4 Å². The standard InChI is InChI=1S/C15H24N4OS/c1-4-6-7-10(5-2)9-19-15-12(14(20)18-3)13(17)11(8-16)21-15/h10,19H,4-7,9,17H2,1-3H3,(H,18,20). The number of nitriles is 1. The Labute approximate surface area is 130 Å². The van der Waals surface area contributed by atoms with E-state index in [1.165, 1.54) is 30.6 Å². The van der Waals surface area contributed by atoms with Gasteiger partial charge in [-0.25, -0.2) is 0 Å². The van der Waals surface area contributed by atoms with E-state index in [-0.39, 0.29) is 11.6 Å². The summed E-state index contributed by atoms with van der Waals surface area (Å²) in [7, 11) is 1.56. The molecule has 0 spiro atoms. The van der Waals surface area contributed by atoms with E-state index in [1.807, 2.05) is 6.07 Å². The van der Waals surface area contributed by atoms with Gasteiger partial charge in [-0.15, -0.1) is 11.3 Å². The summed E-state index contributed by atoms with van der Waals surface area (Å²) in [4.78, 5) is 12.3. The summed E-state index contributed by atoms with van der Waals surface area (Å²) < 4.78 is 0. The highest BCUT2D eigenvalue weighted by atomic mass is 32.1. The first-order chi connectivity index (χ1) is 10.1. The molecule has 1 atom stereocenters. The van der Waals surface area contributed by atoms with E-state index in [0.29, 0.717) is 21.4 Å². The lowest BCUT2D eigenvalue weighted by atomic mass is 9.99. The summed E-state index contributed by atoms with van der Waals surface area (Å²) in [6, 6.07) is 2.04. The lowest BCUT2D eigenvalue weighted by Crippen LogP contribution is -2.21. The van der Waals surface area contributed by atoms with Crippen LogP contribution >= 0.6 is 11.3 Å². The number of thiophene rings is 1. The van der Waals surface area contributed by atoms with Gasteiger partial charge in [0.15, 0.2) is 0 Å². The Morgan fingerprint density at radius 1 is 1.48 bits per heavy atom. The maximum atomic E-state index is 11.9. The molecular formula is C15H24N4OS. The third-order valence-corrected chi connectivity index (χ3v) is 4.66. The Morgan fingerprint density at radius 3 is 2.71 bits per heavy atom. The number of carbonyl (C=O) groups excluding carboxylic acids is 1. The summed E-state index contributed by atoms with van der Waals surface area (Å²) in [5, 5.41) is 15.6. The average molecular weight is 308 g/mol. The molecule has 1 aromatic rings. The van der Waals surface area contributed by atoms with Crippen LogP contribution in [0, 0.1) is 17.2 Å². The lowest BCUT2D eigenvalue weighted by Gasteiger charge is -2.16. The molecule has 0 aliphatic rings. The Balaban J connectivity index is 2.87. The molecule has 1 unspecified atom stereocenters. The van der Waals surface area contributed by atoms with Crippen LogP contribution in [-0.2, 0) is 0 Å². The highest BCUT2D eigenvalue weighted by molar-refractivity contribution is 7.17. The number of nitrogens with zero attached hydrogens (tertiary/aromatic N) is 1. The molecule has 1 aromatic heterocycles. The first kappa shape index (κ1) is 17.3. The number of carbonyl (C=O) groups is 1. The van der Waals surface area contributed by atoms with Gasteiger partial charge in [0.05, 0.1) is 11.3 Å². The van der Waals surface area contributed by atoms with Crippen LogP contribution in [0.5, 0.6) is 0 Å². The van der Waals surface area contributed by atoms with Crippen molar-refractivity contribution < 1.29 is 4.79 Å². The SMILES string of the molecule is CCCCC(CC)CNc1sc(C#N)c(N)c1C(=O)NC. The number of hydrogen-bond acceptors (Lipinski definition) is 5. The number of nitrogens with one attached hydrogen (secondary N) is 2. The topological polar surface area (TPSA) is 90.9 Å². The molecular weight excluding hydrogens is 284 g/mol. The van der Waals surface area contributed by atoms with E-state index in [9.17, 15) is 4.79 Å². The van der Waals surface area contributed by atoms with Gasteiger partial charge in [-0.3, -0.25) is 4.79 Å². The van der Waals surface area contributed by atoms with Gasteiger partial charge in [0, 0.05) is 13.6 Å². The van der Waals surface area contributed by atoms with Gasteiger partial charge in [-0.05, 0) is 12.3 Å². The average Bonchev–Trinajstić information content (AvgIpc) is 2.82. The quantitative estimate of drug-likeness (QED) is 0.688. The van der Waals surface area contributed by atoms with Crippen molar-refractivity contribution in [2.45, 2.75) is 39.5 Å². The Morgan fingerprint density at radius 2 is 2.19 bits per heavy atom. The van der Waals surface area contributed by atoms with E-state index in [2.05, 4.69) is 24.5 Å². The highest BCUT2D eigenvalue weighted by Gasteiger charge is 2.21. The smallest absolute Gasteiger partial charge is 0.256 e. The number of nitrogen functional groups attached to an aromatic ring is 1. The molecule has 0 saturated heterocycles. The van der Waals surface area contributed by atoms with Crippen LogP contribution in [0.4, 0.5) is 10.7 Å². The predicted octanol–water partition coefficient (Wildman–Crippen LogP) is 3.19. The molecule has 1 amide bonds. The fourth-order valence-electron chi connectivity index (χ4n) is 2.18. The molecule has 0 radical (unpaired) electrons. The van der Waals surface area contributed by atoms with Crippen LogP contribution in [0.2, 0.25) is 0 Å². The molecule has 0 bridgehead atoms. The minimum atomic E-state index is -0.255. The normalized spacial score (nSPS) is 11.7. The summed E-state index contributed by atoms with van der Waals surface area (Å²) in [6.07, 6.45) is 4.65. The fourth-order valence-corrected chi connectivity index (χ4v) is 3.10. The zero-order valence-electron chi connectivity index (χ0n) is 13.0. The van der Waals surface area contributed by atoms with Crippen LogP contribution in [-0.4, -0.2) is 19.5 Å². The van der Waals surface area contributed by atoms with Crippen molar-refractivity contribution in [2.75, 3.05) is 24.6 Å². The van der Waals surface area contributed by atoms with Crippen molar-refractivity contribution in [3.63, 3.8) is 0 Å². The van der Waals surface area contributed by atoms with Crippen molar-refractivity contribution in [1.29, 1.82) is 5.26 Å². The molecule has 21 heavy (non-hydrogen) atoms. The number of rotatable bonds is 8. The Kier molecular flexibility index (Phi) is 7.03. The Bertz CT molecular complexity index is 518. The third kappa shape index (κ3) is 4.36. The number of hydrogen-bond donors (Lipinski definition) is 3. The predicted molar refractivity (Wildman–Crippen MR) is 88.6 cm³/mol. The summed E-state index contributed by atoms with van der Waals surface area (Å²) in [5.74, 6) is 0.311. The monoisotopic (exact) mass is 308 g/mol. The van der Waals surface area contributed by atoms with E-state index < -0.39 is 0 Å². The van der Waals surface area contributed by atoms with Gasteiger partial charge in [-0.1, -0.05) is 33.1 Å². The molecule has 1 rings (SSSR count). The first-order valence-electron chi connectivity index (χ1n) is 7.37. The summed E-state index contributed by atoms with van der Waals surface area (Å²) in [5.41, 5.74) is 6.56. The van der Waals surface area contributed by atoms with Crippen LogP contribution in [0.1, 0.15) is 54.8 Å². The molecule has 0 aromatic carbocycles. The zero-order valence-corrected chi connectivity index (χ0v) is 13.8. The van der Waals surface area contributed by atoms with Crippen molar-refractivity contribution in [3.05, 3.63) is 10.4 Å². The number of anilines is 2. The van der Waals surface area contributed by atoms with Gasteiger partial charge >= 0.3 is 0 Å². The first-order valence-corrected chi connectivity index (χ1v) is 8.18. The highest BCUT2D eigenvalue weighted by Crippen LogP contribution is 2.35. The lowest BCUT2D eigenvalue weighted by molar-refractivity contribution is 0.0965. The van der Waals surface area contributed by atoms with Gasteiger partial charge in [0.25, 0.3) is 5.91 Å². The van der Waals surface area contributed by atoms with Gasteiger partial charge in [-0.2, -0.15) is 5.26 Å². The van der Waals surface area contributed by atoms with E-state index in [1.54, 1.807) is 7.05 Å². The van der Waals surface area contributed by atoms with Gasteiger partial charge in [0.1, 0.15) is 15.9 Å². The van der Waals surface area contributed by atoms with Gasteiger partial charge in [0.2, 0.25) is 0 Å². The van der Waals surface area contributed by atoms with Crippen molar-refractivity contribution in [3.8, 4) is 6.07 Å². The minimum absolute atomic E-state index is 0.255. The summed E-state index contributed by atoms with van der Waals surface area (Å²) >= 11 is 1.25. The van der Waals surface area contributed by atoms with Crippen LogP contribution in [0.3, 0.4) is 0 Å². The molecule has 5 nitrogen and oxygen atoms in total. The maximum Gasteiger partial charge on any atom is 0.256 e. The molecule has 0 saturated carbocycles. The Hall–Kier alpha value is -1.74. The fraction of sp³-hybridized carbons (Fsp3) is 0.600. The maximum absolute atomic E-state index is 11.9. The minimum Gasteiger partial charge on any atom is -0.396 e. The van der Waals surface area contributed by atoms with E-state index >= 15 is 0 Å². The second-order valence-corrected chi connectivity index (χ2v) is 6.06. The number of unbranched alkanes of at least 4 members (excludes halogenated alkanes) is 1. The van der Waals surface area contributed by atoms with Crippen molar-refractivity contribution >= 4 is 27.9 Å². The number of nitrogens with two attached hydrogens (primary N) is 1. The van der Waals surface area contributed by atoms with Crippen LogP contribution in [0.15, 0.2) is 0 Å². The zero-order chi connectivity index (χ0) is 15.8. The molecule has 4 N–H and O–H groups in total. The van der Waals surface area contributed by atoms with Crippen LogP contribution in [0.25, 0.3) is 0 Å². The second-order valence-electron chi connectivity index (χ2n) is 5.04. The molecule has 0 aliphatic heterocycles. The van der Waals surface area contributed by atoms with Gasteiger partial charge < -0.3 is 16.4 Å². The third-order valence-electron chi connectivity index (χ3n) is 3.60. The summed E-state index contributed by atoms with van der Waals surface area (Å²) in [6.45, 7) is 5.15. The molecule has 1 heterocycles. The molecule has 0 fully saturated rings. The van der Waals surface area contributed by atoms with E-state index in [4.69, 9.17) is 11.0 Å². The molecule has 0 aliphatic carbocycles. The molecule has 116 valence electrons.